The number of benzene rings is 1. The van der Waals surface area contributed by atoms with Crippen molar-refractivity contribution < 1.29 is 4.74 Å². The Bertz CT molecular complexity index is 278. The van der Waals surface area contributed by atoms with Crippen LogP contribution in [0.15, 0.2) is 29.2 Å². The molecule has 0 bridgehead atoms. The van der Waals surface area contributed by atoms with Crippen LogP contribution in [-0.2, 0) is 4.74 Å². The molecule has 0 aromatic heterocycles. The fourth-order valence-electron chi connectivity index (χ4n) is 1.29. The van der Waals surface area contributed by atoms with Crippen molar-refractivity contribution >= 4 is 17.4 Å². The molecule has 14 heavy (non-hydrogen) atoms. The first-order valence-electron chi connectivity index (χ1n) is 4.65. The second kappa shape index (κ2) is 5.94. The highest BCUT2D eigenvalue weighted by Crippen LogP contribution is 2.19. The van der Waals surface area contributed by atoms with Gasteiger partial charge >= 0.3 is 0 Å². The summed E-state index contributed by atoms with van der Waals surface area (Å²) in [6, 6.07) is 8.74. The normalized spacial score (nSPS) is 12.5. The Morgan fingerprint density at radius 1 is 1.50 bits per heavy atom. The lowest BCUT2D eigenvalue weighted by molar-refractivity contribution is 0.190. The summed E-state index contributed by atoms with van der Waals surface area (Å²) in [7, 11) is 1.72. The van der Waals surface area contributed by atoms with Crippen LogP contribution < -0.4 is 5.32 Å². The summed E-state index contributed by atoms with van der Waals surface area (Å²) in [5.74, 6) is 0. The number of hydrogen-bond donors (Lipinski definition) is 1. The number of methoxy groups -OCH3 is 1. The molecule has 0 aliphatic carbocycles. The van der Waals surface area contributed by atoms with Gasteiger partial charge < -0.3 is 10.1 Å². The van der Waals surface area contributed by atoms with Gasteiger partial charge in [0.15, 0.2) is 0 Å². The van der Waals surface area contributed by atoms with Crippen molar-refractivity contribution in [3.05, 3.63) is 24.3 Å². The van der Waals surface area contributed by atoms with Crippen LogP contribution in [0.5, 0.6) is 0 Å². The minimum atomic E-state index is 0.345. The molecule has 0 spiro atoms. The Balaban J connectivity index is 2.57. The van der Waals surface area contributed by atoms with Crippen molar-refractivity contribution in [2.45, 2.75) is 17.9 Å². The predicted octanol–water partition coefficient (Wildman–Crippen LogP) is 2.86. The van der Waals surface area contributed by atoms with Crippen LogP contribution >= 0.6 is 11.8 Å². The van der Waals surface area contributed by atoms with Crippen molar-refractivity contribution in [2.75, 3.05) is 25.3 Å². The van der Waals surface area contributed by atoms with Gasteiger partial charge in [-0.1, -0.05) is 6.07 Å². The maximum Gasteiger partial charge on any atom is 0.0661 e. The SMILES string of the molecule is COCC(C)Nc1cccc(SC)c1. The van der Waals surface area contributed by atoms with Gasteiger partial charge in [-0.05, 0) is 31.4 Å². The fraction of sp³-hybridized carbons (Fsp3) is 0.455. The lowest BCUT2D eigenvalue weighted by atomic mass is 10.3. The number of anilines is 1. The first-order chi connectivity index (χ1) is 6.76. The van der Waals surface area contributed by atoms with E-state index in [-0.39, 0.29) is 0 Å². The first-order valence-corrected chi connectivity index (χ1v) is 5.88. The molecule has 0 saturated heterocycles. The lowest BCUT2D eigenvalue weighted by Gasteiger charge is -2.14. The highest BCUT2D eigenvalue weighted by molar-refractivity contribution is 7.98. The zero-order valence-electron chi connectivity index (χ0n) is 8.91. The third-order valence-electron chi connectivity index (χ3n) is 1.90. The van der Waals surface area contributed by atoms with Crippen molar-refractivity contribution in [1.82, 2.24) is 0 Å². The summed E-state index contributed by atoms with van der Waals surface area (Å²) < 4.78 is 5.06. The van der Waals surface area contributed by atoms with E-state index in [1.165, 1.54) is 4.90 Å². The summed E-state index contributed by atoms with van der Waals surface area (Å²) >= 11 is 1.75. The smallest absolute Gasteiger partial charge is 0.0661 e. The molecule has 0 aliphatic heterocycles. The van der Waals surface area contributed by atoms with E-state index in [0.29, 0.717) is 6.04 Å². The van der Waals surface area contributed by atoms with Crippen LogP contribution in [0.1, 0.15) is 6.92 Å². The fourth-order valence-corrected chi connectivity index (χ4v) is 1.75. The van der Waals surface area contributed by atoms with E-state index in [0.717, 1.165) is 12.3 Å². The van der Waals surface area contributed by atoms with Crippen molar-refractivity contribution in [3.63, 3.8) is 0 Å². The third kappa shape index (κ3) is 3.60. The summed E-state index contributed by atoms with van der Waals surface area (Å²) in [6.07, 6.45) is 2.08. The van der Waals surface area contributed by atoms with Crippen molar-refractivity contribution in [2.24, 2.45) is 0 Å². The number of thioether (sulfide) groups is 1. The van der Waals surface area contributed by atoms with Gasteiger partial charge in [-0.15, -0.1) is 11.8 Å². The van der Waals surface area contributed by atoms with Gasteiger partial charge in [-0.25, -0.2) is 0 Å². The quantitative estimate of drug-likeness (QED) is 0.757. The van der Waals surface area contributed by atoms with Crippen LogP contribution in [0.2, 0.25) is 0 Å². The van der Waals surface area contributed by atoms with Crippen LogP contribution in [-0.4, -0.2) is 26.0 Å². The van der Waals surface area contributed by atoms with Gasteiger partial charge in [0, 0.05) is 23.7 Å². The van der Waals surface area contributed by atoms with Crippen LogP contribution in [0, 0.1) is 0 Å². The predicted molar refractivity (Wildman–Crippen MR) is 63.2 cm³/mol. The standard InChI is InChI=1S/C11H17NOS/c1-9(8-13-2)12-10-5-4-6-11(7-10)14-3/h4-7,9,12H,8H2,1-3H3. The summed E-state index contributed by atoms with van der Waals surface area (Å²) in [5, 5.41) is 3.38. The molecule has 0 fully saturated rings. The molecule has 0 aliphatic rings. The summed E-state index contributed by atoms with van der Waals surface area (Å²) in [5.41, 5.74) is 1.15. The highest BCUT2D eigenvalue weighted by atomic mass is 32.2. The minimum absolute atomic E-state index is 0.345. The zero-order chi connectivity index (χ0) is 10.4. The molecule has 78 valence electrons. The number of ether oxygens (including phenoxy) is 1. The molecule has 2 nitrogen and oxygen atoms in total. The Labute approximate surface area is 90.0 Å². The molecular formula is C11H17NOS. The van der Waals surface area contributed by atoms with Crippen molar-refractivity contribution in [1.29, 1.82) is 0 Å². The van der Waals surface area contributed by atoms with Crippen LogP contribution in [0.3, 0.4) is 0 Å². The van der Waals surface area contributed by atoms with E-state index < -0.39 is 0 Å². The number of rotatable bonds is 5. The molecule has 1 aromatic rings. The molecule has 1 atom stereocenters. The molecule has 0 saturated carbocycles. The van der Waals surface area contributed by atoms with E-state index in [9.17, 15) is 0 Å². The van der Waals surface area contributed by atoms with Gasteiger partial charge in [-0.2, -0.15) is 0 Å². The van der Waals surface area contributed by atoms with E-state index >= 15 is 0 Å². The van der Waals surface area contributed by atoms with Crippen LogP contribution in [0.25, 0.3) is 0 Å². The first kappa shape index (κ1) is 11.4. The van der Waals surface area contributed by atoms with E-state index in [1.54, 1.807) is 18.9 Å². The molecule has 0 radical (unpaired) electrons. The molecule has 0 heterocycles. The average Bonchev–Trinajstić information content (AvgIpc) is 2.18. The number of nitrogens with one attached hydrogen (secondary N) is 1. The summed E-state index contributed by atoms with van der Waals surface area (Å²) in [4.78, 5) is 1.28. The topological polar surface area (TPSA) is 21.3 Å². The van der Waals surface area contributed by atoms with Crippen molar-refractivity contribution in [3.8, 4) is 0 Å². The Morgan fingerprint density at radius 2 is 2.29 bits per heavy atom. The third-order valence-corrected chi connectivity index (χ3v) is 2.62. The molecule has 1 unspecified atom stereocenters. The molecule has 1 rings (SSSR count). The second-order valence-electron chi connectivity index (χ2n) is 3.23. The zero-order valence-corrected chi connectivity index (χ0v) is 9.73. The lowest BCUT2D eigenvalue weighted by Crippen LogP contribution is -2.20. The molecule has 0 amide bonds. The van der Waals surface area contributed by atoms with Gasteiger partial charge in [-0.3, -0.25) is 0 Å². The Hall–Kier alpha value is -0.670. The van der Waals surface area contributed by atoms with E-state index in [2.05, 4.69) is 42.8 Å². The van der Waals surface area contributed by atoms with Gasteiger partial charge in [0.2, 0.25) is 0 Å². The summed E-state index contributed by atoms with van der Waals surface area (Å²) in [6.45, 7) is 2.83. The van der Waals surface area contributed by atoms with Gasteiger partial charge in [0.05, 0.1) is 6.61 Å². The van der Waals surface area contributed by atoms with Gasteiger partial charge in [0.1, 0.15) is 0 Å². The van der Waals surface area contributed by atoms with E-state index in [1.807, 2.05) is 0 Å². The molecular weight excluding hydrogens is 194 g/mol. The molecule has 3 heteroatoms. The molecule has 1 N–H and O–H groups in total. The molecule has 1 aromatic carbocycles. The van der Waals surface area contributed by atoms with Crippen LogP contribution in [0.4, 0.5) is 5.69 Å². The Kier molecular flexibility index (Phi) is 4.84. The second-order valence-corrected chi connectivity index (χ2v) is 4.11. The maximum absolute atomic E-state index is 5.06. The number of hydrogen-bond acceptors (Lipinski definition) is 3. The highest BCUT2D eigenvalue weighted by Gasteiger charge is 2.00. The largest absolute Gasteiger partial charge is 0.383 e. The minimum Gasteiger partial charge on any atom is -0.383 e. The maximum atomic E-state index is 5.06. The average molecular weight is 211 g/mol. The monoisotopic (exact) mass is 211 g/mol. The Morgan fingerprint density at radius 3 is 2.93 bits per heavy atom. The van der Waals surface area contributed by atoms with Gasteiger partial charge in [0.25, 0.3) is 0 Å². The van der Waals surface area contributed by atoms with E-state index in [4.69, 9.17) is 4.74 Å².